The highest BCUT2D eigenvalue weighted by Crippen LogP contribution is 2.25. The number of benzene rings is 2. The highest BCUT2D eigenvalue weighted by atomic mass is 16.5. The van der Waals surface area contributed by atoms with E-state index in [0.29, 0.717) is 31.9 Å². The number of para-hydroxylation sites is 1. The third kappa shape index (κ3) is 4.30. The van der Waals surface area contributed by atoms with Gasteiger partial charge in [-0.15, -0.1) is 0 Å². The molecular weight excluding hydrogens is 368 g/mol. The Bertz CT molecular complexity index is 1000. The Morgan fingerprint density at radius 2 is 2.00 bits per heavy atom. The fraction of sp³-hybridized carbons (Fsp3) is 0.318. The molecule has 2 aromatic carbocycles. The first-order chi connectivity index (χ1) is 14.3. The molecule has 0 unspecified atom stereocenters. The van der Waals surface area contributed by atoms with Gasteiger partial charge in [-0.2, -0.15) is 0 Å². The summed E-state index contributed by atoms with van der Waals surface area (Å²) in [4.78, 5) is 23.8. The van der Waals surface area contributed by atoms with Crippen LogP contribution in [-0.4, -0.2) is 48.8 Å². The largest absolute Gasteiger partial charge is 0.494 e. The van der Waals surface area contributed by atoms with Gasteiger partial charge in [0.25, 0.3) is 5.91 Å². The maximum Gasteiger partial charge on any atom is 0.251 e. The molecule has 1 saturated heterocycles. The van der Waals surface area contributed by atoms with E-state index in [9.17, 15) is 4.79 Å². The van der Waals surface area contributed by atoms with Crippen molar-refractivity contribution < 1.29 is 14.3 Å². The van der Waals surface area contributed by atoms with Crippen LogP contribution in [0.1, 0.15) is 22.8 Å². The van der Waals surface area contributed by atoms with Crippen molar-refractivity contribution in [1.29, 1.82) is 0 Å². The van der Waals surface area contributed by atoms with Crippen LogP contribution in [0.25, 0.3) is 10.9 Å². The van der Waals surface area contributed by atoms with Crippen molar-refractivity contribution in [2.45, 2.75) is 13.5 Å². The third-order valence-corrected chi connectivity index (χ3v) is 4.90. The van der Waals surface area contributed by atoms with Gasteiger partial charge >= 0.3 is 0 Å². The second kappa shape index (κ2) is 8.87. The van der Waals surface area contributed by atoms with E-state index in [0.717, 1.165) is 41.1 Å². The van der Waals surface area contributed by atoms with E-state index in [1.54, 1.807) is 12.4 Å². The zero-order valence-electron chi connectivity index (χ0n) is 16.4. The van der Waals surface area contributed by atoms with E-state index in [1.165, 1.54) is 0 Å². The van der Waals surface area contributed by atoms with Gasteiger partial charge in [0, 0.05) is 36.1 Å². The zero-order chi connectivity index (χ0) is 20.1. The number of morpholine rings is 1. The van der Waals surface area contributed by atoms with Crippen molar-refractivity contribution in [1.82, 2.24) is 15.3 Å². The highest BCUT2D eigenvalue weighted by molar-refractivity contribution is 6.00. The molecule has 1 amide bonds. The summed E-state index contributed by atoms with van der Waals surface area (Å²) >= 11 is 0. The Labute approximate surface area is 169 Å². The van der Waals surface area contributed by atoms with Crippen LogP contribution in [0.15, 0.2) is 48.8 Å². The number of carbonyl (C=O) groups excluding carboxylic acids is 1. The number of amides is 1. The van der Waals surface area contributed by atoms with Crippen molar-refractivity contribution in [3.8, 4) is 5.75 Å². The number of aromatic nitrogens is 2. The molecule has 1 fully saturated rings. The standard InChI is InChI=1S/C22H24N4O3/c1-2-29-20-6-4-3-5-17(20)14-23-22(27)16-7-8-19-18(13-16)21(25-15-24-19)26-9-11-28-12-10-26/h3-8,13,15H,2,9-12,14H2,1H3,(H,23,27). The Hall–Kier alpha value is -3.19. The fourth-order valence-electron chi connectivity index (χ4n) is 3.44. The Balaban J connectivity index is 1.55. The molecule has 0 radical (unpaired) electrons. The van der Waals surface area contributed by atoms with E-state index >= 15 is 0 Å². The lowest BCUT2D eigenvalue weighted by molar-refractivity contribution is 0.0950. The quantitative estimate of drug-likeness (QED) is 0.695. The lowest BCUT2D eigenvalue weighted by Crippen LogP contribution is -2.36. The fourth-order valence-corrected chi connectivity index (χ4v) is 3.44. The molecule has 0 saturated carbocycles. The number of fused-ring (bicyclic) bond motifs is 1. The summed E-state index contributed by atoms with van der Waals surface area (Å²) in [5.41, 5.74) is 2.34. The molecule has 0 aliphatic carbocycles. The number of anilines is 1. The number of ether oxygens (including phenoxy) is 2. The van der Waals surface area contributed by atoms with Gasteiger partial charge in [0.1, 0.15) is 17.9 Å². The van der Waals surface area contributed by atoms with Gasteiger partial charge in [-0.25, -0.2) is 9.97 Å². The molecular formula is C22H24N4O3. The first kappa shape index (κ1) is 19.1. The second-order valence-corrected chi connectivity index (χ2v) is 6.75. The van der Waals surface area contributed by atoms with Crippen LogP contribution >= 0.6 is 0 Å². The monoisotopic (exact) mass is 392 g/mol. The Morgan fingerprint density at radius 1 is 1.17 bits per heavy atom. The summed E-state index contributed by atoms with van der Waals surface area (Å²) in [6, 6.07) is 13.2. The van der Waals surface area contributed by atoms with Crippen LogP contribution in [0.3, 0.4) is 0 Å². The summed E-state index contributed by atoms with van der Waals surface area (Å²) in [5, 5.41) is 3.86. The molecule has 29 heavy (non-hydrogen) atoms. The van der Waals surface area contributed by atoms with Crippen LogP contribution in [0.2, 0.25) is 0 Å². The maximum absolute atomic E-state index is 12.8. The smallest absolute Gasteiger partial charge is 0.251 e. The molecule has 150 valence electrons. The minimum atomic E-state index is -0.144. The van der Waals surface area contributed by atoms with Gasteiger partial charge in [0.2, 0.25) is 0 Å². The van der Waals surface area contributed by atoms with Gasteiger partial charge in [-0.05, 0) is 31.2 Å². The van der Waals surface area contributed by atoms with E-state index in [4.69, 9.17) is 9.47 Å². The van der Waals surface area contributed by atoms with Gasteiger partial charge in [0.05, 0.1) is 25.3 Å². The van der Waals surface area contributed by atoms with Crippen LogP contribution in [0.5, 0.6) is 5.75 Å². The molecule has 0 spiro atoms. The normalized spacial score (nSPS) is 14.0. The van der Waals surface area contributed by atoms with Crippen molar-refractivity contribution in [3.63, 3.8) is 0 Å². The van der Waals surface area contributed by atoms with Gasteiger partial charge in [0.15, 0.2) is 0 Å². The summed E-state index contributed by atoms with van der Waals surface area (Å²) in [6.45, 7) is 5.82. The van der Waals surface area contributed by atoms with Crippen LogP contribution in [0.4, 0.5) is 5.82 Å². The molecule has 2 heterocycles. The number of hydrogen-bond acceptors (Lipinski definition) is 6. The Morgan fingerprint density at radius 3 is 2.83 bits per heavy atom. The van der Waals surface area contributed by atoms with E-state index in [1.807, 2.05) is 43.3 Å². The van der Waals surface area contributed by atoms with Crippen molar-refractivity contribution in [2.75, 3.05) is 37.8 Å². The highest BCUT2D eigenvalue weighted by Gasteiger charge is 2.17. The molecule has 1 aliphatic rings. The number of nitrogens with one attached hydrogen (secondary N) is 1. The van der Waals surface area contributed by atoms with Crippen LogP contribution < -0.4 is 15.0 Å². The number of rotatable bonds is 6. The van der Waals surface area contributed by atoms with Crippen LogP contribution in [0, 0.1) is 0 Å². The molecule has 1 aromatic heterocycles. The lowest BCUT2D eigenvalue weighted by Gasteiger charge is -2.28. The average Bonchev–Trinajstić information content (AvgIpc) is 2.78. The molecule has 7 heteroatoms. The minimum absolute atomic E-state index is 0.144. The lowest BCUT2D eigenvalue weighted by atomic mass is 10.1. The van der Waals surface area contributed by atoms with Gasteiger partial charge in [-0.3, -0.25) is 4.79 Å². The summed E-state index contributed by atoms with van der Waals surface area (Å²) in [5.74, 6) is 1.49. The molecule has 7 nitrogen and oxygen atoms in total. The number of nitrogens with zero attached hydrogens (tertiary/aromatic N) is 3. The van der Waals surface area contributed by atoms with E-state index < -0.39 is 0 Å². The van der Waals surface area contributed by atoms with E-state index in [2.05, 4.69) is 20.2 Å². The maximum atomic E-state index is 12.8. The average molecular weight is 392 g/mol. The van der Waals surface area contributed by atoms with Gasteiger partial charge in [-0.1, -0.05) is 18.2 Å². The van der Waals surface area contributed by atoms with E-state index in [-0.39, 0.29) is 5.91 Å². The summed E-state index contributed by atoms with van der Waals surface area (Å²) in [6.07, 6.45) is 1.57. The molecule has 4 rings (SSSR count). The van der Waals surface area contributed by atoms with Gasteiger partial charge < -0.3 is 19.7 Å². The number of carbonyl (C=O) groups is 1. The first-order valence-electron chi connectivity index (χ1n) is 9.82. The third-order valence-electron chi connectivity index (χ3n) is 4.90. The zero-order valence-corrected chi connectivity index (χ0v) is 16.4. The van der Waals surface area contributed by atoms with Crippen molar-refractivity contribution in [3.05, 3.63) is 59.9 Å². The van der Waals surface area contributed by atoms with Crippen molar-refractivity contribution >= 4 is 22.6 Å². The topological polar surface area (TPSA) is 76.6 Å². The summed E-state index contributed by atoms with van der Waals surface area (Å²) < 4.78 is 11.1. The Kier molecular flexibility index (Phi) is 5.86. The predicted octanol–water partition coefficient (Wildman–Crippen LogP) is 2.80. The SMILES string of the molecule is CCOc1ccccc1CNC(=O)c1ccc2ncnc(N3CCOCC3)c2c1. The second-order valence-electron chi connectivity index (χ2n) is 6.75. The number of hydrogen-bond donors (Lipinski definition) is 1. The molecule has 0 bridgehead atoms. The summed E-state index contributed by atoms with van der Waals surface area (Å²) in [7, 11) is 0. The van der Waals surface area contributed by atoms with Crippen molar-refractivity contribution in [2.24, 2.45) is 0 Å². The predicted molar refractivity (Wildman–Crippen MR) is 111 cm³/mol. The molecule has 1 N–H and O–H groups in total. The first-order valence-corrected chi connectivity index (χ1v) is 9.82. The van der Waals surface area contributed by atoms with Crippen LogP contribution in [-0.2, 0) is 11.3 Å². The molecule has 1 aliphatic heterocycles. The minimum Gasteiger partial charge on any atom is -0.494 e. The molecule has 0 atom stereocenters. The molecule has 3 aromatic rings.